The lowest BCUT2D eigenvalue weighted by molar-refractivity contribution is 0.660. The van der Waals surface area contributed by atoms with Gasteiger partial charge in [0.25, 0.3) is 0 Å². The highest BCUT2D eigenvalue weighted by Crippen LogP contribution is 2.36. The van der Waals surface area contributed by atoms with E-state index < -0.39 is 0 Å². The van der Waals surface area contributed by atoms with E-state index in [1.807, 2.05) is 11.4 Å². The van der Waals surface area contributed by atoms with Crippen LogP contribution in [0, 0.1) is 6.92 Å². The second-order valence-corrected chi connectivity index (χ2v) is 7.12. The van der Waals surface area contributed by atoms with Gasteiger partial charge in [0.15, 0.2) is 5.65 Å². The molecule has 2 aromatic carbocycles. The topological polar surface area (TPSA) is 30.2 Å². The fourth-order valence-electron chi connectivity index (χ4n) is 4.00. The summed E-state index contributed by atoms with van der Waals surface area (Å²) in [6.45, 7) is 2.04. The SMILES string of the molecule is Cc1nn2c(Cl)c3c(nc2c1-c1cccc2ccccc12)CCCC3. The van der Waals surface area contributed by atoms with Crippen molar-refractivity contribution in [3.05, 3.63) is 64.6 Å². The summed E-state index contributed by atoms with van der Waals surface area (Å²) in [7, 11) is 0. The molecule has 1 aliphatic rings. The van der Waals surface area contributed by atoms with Crippen molar-refractivity contribution in [2.45, 2.75) is 32.6 Å². The molecule has 0 radical (unpaired) electrons. The first-order valence-electron chi connectivity index (χ1n) is 8.79. The second kappa shape index (κ2) is 5.57. The molecule has 4 aromatic rings. The third kappa shape index (κ3) is 2.19. The molecule has 0 spiro atoms. The van der Waals surface area contributed by atoms with Crippen molar-refractivity contribution in [2.24, 2.45) is 0 Å². The van der Waals surface area contributed by atoms with Gasteiger partial charge in [0.2, 0.25) is 0 Å². The Morgan fingerprint density at radius 3 is 2.72 bits per heavy atom. The number of aryl methyl sites for hydroxylation is 2. The molecule has 0 atom stereocenters. The predicted octanol–water partition coefficient (Wildman–Crippen LogP) is 5.39. The molecule has 0 unspecified atom stereocenters. The first kappa shape index (κ1) is 14.9. The summed E-state index contributed by atoms with van der Waals surface area (Å²) in [5.74, 6) is 0. The van der Waals surface area contributed by atoms with E-state index in [1.165, 1.54) is 34.7 Å². The summed E-state index contributed by atoms with van der Waals surface area (Å²) in [5.41, 5.74) is 6.42. The van der Waals surface area contributed by atoms with E-state index in [4.69, 9.17) is 21.7 Å². The fraction of sp³-hybridized carbons (Fsp3) is 0.238. The van der Waals surface area contributed by atoms with Crippen molar-refractivity contribution in [2.75, 3.05) is 0 Å². The van der Waals surface area contributed by atoms with Gasteiger partial charge in [0, 0.05) is 11.3 Å². The van der Waals surface area contributed by atoms with Gasteiger partial charge in [-0.3, -0.25) is 0 Å². The molecule has 1 aliphatic carbocycles. The van der Waals surface area contributed by atoms with Crippen LogP contribution in [0.4, 0.5) is 0 Å². The lowest BCUT2D eigenvalue weighted by atomic mass is 9.96. The summed E-state index contributed by atoms with van der Waals surface area (Å²) >= 11 is 6.71. The molecule has 3 nitrogen and oxygen atoms in total. The van der Waals surface area contributed by atoms with Gasteiger partial charge in [-0.05, 0) is 48.9 Å². The highest BCUT2D eigenvalue weighted by molar-refractivity contribution is 6.30. The third-order valence-electron chi connectivity index (χ3n) is 5.21. The Morgan fingerprint density at radius 2 is 1.80 bits per heavy atom. The number of rotatable bonds is 1. The Bertz CT molecular complexity index is 1120. The summed E-state index contributed by atoms with van der Waals surface area (Å²) in [4.78, 5) is 5.00. The highest BCUT2D eigenvalue weighted by Gasteiger charge is 2.22. The fourth-order valence-corrected chi connectivity index (χ4v) is 4.33. The number of aromatic nitrogens is 3. The maximum absolute atomic E-state index is 6.71. The van der Waals surface area contributed by atoms with E-state index in [0.29, 0.717) is 0 Å². The smallest absolute Gasteiger partial charge is 0.165 e. The van der Waals surface area contributed by atoms with Crippen LogP contribution in [0.1, 0.15) is 29.8 Å². The van der Waals surface area contributed by atoms with Gasteiger partial charge in [-0.2, -0.15) is 5.10 Å². The van der Waals surface area contributed by atoms with Gasteiger partial charge >= 0.3 is 0 Å². The van der Waals surface area contributed by atoms with Gasteiger partial charge < -0.3 is 0 Å². The zero-order chi connectivity index (χ0) is 17.0. The first-order chi connectivity index (χ1) is 12.2. The lowest BCUT2D eigenvalue weighted by Gasteiger charge is -2.16. The van der Waals surface area contributed by atoms with Crippen LogP contribution >= 0.6 is 11.6 Å². The molecule has 0 fully saturated rings. The molecule has 0 saturated carbocycles. The minimum absolute atomic E-state index is 0.731. The third-order valence-corrected chi connectivity index (χ3v) is 5.60. The Kier molecular flexibility index (Phi) is 3.32. The van der Waals surface area contributed by atoms with Crippen molar-refractivity contribution in [3.8, 4) is 11.1 Å². The van der Waals surface area contributed by atoms with Gasteiger partial charge in [0.1, 0.15) is 5.15 Å². The number of fused-ring (bicyclic) bond motifs is 3. The molecule has 124 valence electrons. The minimum Gasteiger partial charge on any atom is -0.233 e. The van der Waals surface area contributed by atoms with E-state index in [9.17, 15) is 0 Å². The van der Waals surface area contributed by atoms with Crippen molar-refractivity contribution in [3.63, 3.8) is 0 Å². The van der Waals surface area contributed by atoms with Gasteiger partial charge in [-0.1, -0.05) is 54.1 Å². The molecule has 0 bridgehead atoms. The largest absolute Gasteiger partial charge is 0.233 e. The van der Waals surface area contributed by atoms with Crippen LogP contribution < -0.4 is 0 Å². The van der Waals surface area contributed by atoms with Crippen molar-refractivity contribution in [1.29, 1.82) is 0 Å². The molecule has 2 heterocycles. The van der Waals surface area contributed by atoms with Crippen molar-refractivity contribution >= 4 is 28.0 Å². The van der Waals surface area contributed by atoms with E-state index in [2.05, 4.69) is 42.5 Å². The number of benzene rings is 2. The van der Waals surface area contributed by atoms with Crippen LogP contribution in [0.15, 0.2) is 42.5 Å². The van der Waals surface area contributed by atoms with Crippen LogP contribution in [0.25, 0.3) is 27.5 Å². The maximum atomic E-state index is 6.71. The minimum atomic E-state index is 0.731. The number of hydrogen-bond donors (Lipinski definition) is 0. The van der Waals surface area contributed by atoms with E-state index in [1.54, 1.807) is 0 Å². The molecule has 0 amide bonds. The normalized spacial score (nSPS) is 14.2. The molecule has 0 aliphatic heterocycles. The Balaban J connectivity index is 1.87. The van der Waals surface area contributed by atoms with E-state index in [0.717, 1.165) is 40.6 Å². The lowest BCUT2D eigenvalue weighted by Crippen LogP contribution is -2.10. The molecule has 25 heavy (non-hydrogen) atoms. The number of halogens is 1. The number of nitrogens with zero attached hydrogens (tertiary/aromatic N) is 3. The molecular formula is C21H18ClN3. The van der Waals surface area contributed by atoms with Gasteiger partial charge in [-0.15, -0.1) is 0 Å². The summed E-state index contributed by atoms with van der Waals surface area (Å²) < 4.78 is 1.83. The molecular weight excluding hydrogens is 330 g/mol. The van der Waals surface area contributed by atoms with Gasteiger partial charge in [-0.25, -0.2) is 9.50 Å². The summed E-state index contributed by atoms with van der Waals surface area (Å²) in [5, 5.41) is 7.90. The standard InChI is InChI=1S/C21H18ClN3/c1-13-19(16-11-6-8-14-7-2-3-9-15(14)16)21-23-18-12-5-4-10-17(18)20(22)25(21)24-13/h2-3,6-9,11H,4-5,10,12H2,1H3. The summed E-state index contributed by atoms with van der Waals surface area (Å²) in [6.07, 6.45) is 4.37. The maximum Gasteiger partial charge on any atom is 0.165 e. The second-order valence-electron chi connectivity index (χ2n) is 6.76. The average molecular weight is 348 g/mol. The van der Waals surface area contributed by atoms with Crippen LogP contribution in [-0.2, 0) is 12.8 Å². The van der Waals surface area contributed by atoms with Crippen LogP contribution in [0.2, 0.25) is 5.15 Å². The predicted molar refractivity (Wildman–Crippen MR) is 102 cm³/mol. The Morgan fingerprint density at radius 1 is 1.00 bits per heavy atom. The van der Waals surface area contributed by atoms with Crippen LogP contribution in [0.3, 0.4) is 0 Å². The van der Waals surface area contributed by atoms with E-state index >= 15 is 0 Å². The highest BCUT2D eigenvalue weighted by atomic mass is 35.5. The molecule has 5 rings (SSSR count). The van der Waals surface area contributed by atoms with Crippen molar-refractivity contribution < 1.29 is 0 Å². The average Bonchev–Trinajstić information content (AvgIpc) is 2.98. The quantitative estimate of drug-likeness (QED) is 0.432. The van der Waals surface area contributed by atoms with Crippen molar-refractivity contribution in [1.82, 2.24) is 14.6 Å². The van der Waals surface area contributed by atoms with Crippen LogP contribution in [-0.4, -0.2) is 14.6 Å². The van der Waals surface area contributed by atoms with E-state index in [-0.39, 0.29) is 0 Å². The molecule has 2 aromatic heterocycles. The Hall–Kier alpha value is -2.39. The summed E-state index contributed by atoms with van der Waals surface area (Å²) in [6, 6.07) is 14.8. The zero-order valence-electron chi connectivity index (χ0n) is 14.1. The molecule has 0 saturated heterocycles. The Labute approximate surface area is 151 Å². The number of hydrogen-bond acceptors (Lipinski definition) is 2. The first-order valence-corrected chi connectivity index (χ1v) is 9.16. The monoisotopic (exact) mass is 347 g/mol. The van der Waals surface area contributed by atoms with Gasteiger partial charge in [0.05, 0.1) is 11.3 Å². The zero-order valence-corrected chi connectivity index (χ0v) is 14.8. The molecule has 4 heteroatoms. The molecule has 0 N–H and O–H groups in total. The van der Waals surface area contributed by atoms with Crippen LogP contribution in [0.5, 0.6) is 0 Å².